The molecule has 2 N–H and O–H groups in total. The monoisotopic (exact) mass is 356 g/mol. The number of benzene rings is 1. The molecule has 0 heterocycles. The topological polar surface area (TPSA) is 41.1 Å². The fourth-order valence-corrected chi connectivity index (χ4v) is 3.99. The van der Waals surface area contributed by atoms with Crippen LogP contribution < -0.4 is 10.6 Å². The standard InChI is InChI=1S/C15H21BrN2OS/c1-20-15(7-2-3-8-15)11-17-10-14(19)18-13-6-4-5-12(16)9-13/h4-6,9,17H,2-3,7-8,10-11H2,1H3,(H,18,19). The fraction of sp³-hybridized carbons (Fsp3) is 0.533. The highest BCUT2D eigenvalue weighted by Crippen LogP contribution is 2.39. The Morgan fingerprint density at radius 2 is 2.15 bits per heavy atom. The summed E-state index contributed by atoms with van der Waals surface area (Å²) in [6.07, 6.45) is 7.32. The van der Waals surface area contributed by atoms with Crippen LogP contribution in [-0.2, 0) is 4.79 Å². The molecule has 1 aromatic rings. The summed E-state index contributed by atoms with van der Waals surface area (Å²) < 4.78 is 1.31. The van der Waals surface area contributed by atoms with Crippen LogP contribution in [0.3, 0.4) is 0 Å². The number of carbonyl (C=O) groups excluding carboxylic acids is 1. The lowest BCUT2D eigenvalue weighted by atomic mass is 10.1. The molecule has 2 rings (SSSR count). The number of thioether (sulfide) groups is 1. The van der Waals surface area contributed by atoms with E-state index in [1.54, 1.807) is 0 Å². The zero-order valence-corrected chi connectivity index (χ0v) is 14.1. The molecule has 0 bridgehead atoms. The summed E-state index contributed by atoms with van der Waals surface area (Å²) in [7, 11) is 0. The minimum atomic E-state index is 0.0114. The van der Waals surface area contributed by atoms with Crippen molar-refractivity contribution < 1.29 is 4.79 Å². The number of hydrogen-bond acceptors (Lipinski definition) is 3. The predicted octanol–water partition coefficient (Wildman–Crippen LogP) is 3.65. The van der Waals surface area contributed by atoms with Crippen molar-refractivity contribution in [3.63, 3.8) is 0 Å². The van der Waals surface area contributed by atoms with E-state index in [1.165, 1.54) is 25.7 Å². The van der Waals surface area contributed by atoms with E-state index in [1.807, 2.05) is 36.0 Å². The van der Waals surface area contributed by atoms with Crippen molar-refractivity contribution in [2.75, 3.05) is 24.7 Å². The second-order valence-corrected chi connectivity index (χ2v) is 7.45. The van der Waals surface area contributed by atoms with Crippen molar-refractivity contribution in [1.29, 1.82) is 0 Å². The van der Waals surface area contributed by atoms with Gasteiger partial charge in [-0.15, -0.1) is 0 Å². The van der Waals surface area contributed by atoms with Crippen molar-refractivity contribution >= 4 is 39.3 Å². The third-order valence-corrected chi connectivity index (χ3v) is 5.70. The quantitative estimate of drug-likeness (QED) is 0.817. The van der Waals surface area contributed by atoms with Crippen LogP contribution in [0.15, 0.2) is 28.7 Å². The number of rotatable bonds is 6. The maximum Gasteiger partial charge on any atom is 0.238 e. The summed E-state index contributed by atoms with van der Waals surface area (Å²) in [5, 5.41) is 6.21. The van der Waals surface area contributed by atoms with Crippen molar-refractivity contribution in [2.24, 2.45) is 0 Å². The SMILES string of the molecule is CSC1(CNCC(=O)Nc2cccc(Br)c2)CCCC1. The molecule has 0 spiro atoms. The Labute approximate surface area is 133 Å². The van der Waals surface area contributed by atoms with Crippen LogP contribution in [0.1, 0.15) is 25.7 Å². The molecule has 0 saturated heterocycles. The zero-order valence-electron chi connectivity index (χ0n) is 11.7. The second-order valence-electron chi connectivity index (χ2n) is 5.26. The number of amides is 1. The van der Waals surface area contributed by atoms with Gasteiger partial charge < -0.3 is 10.6 Å². The van der Waals surface area contributed by atoms with Crippen LogP contribution in [0.2, 0.25) is 0 Å². The highest BCUT2D eigenvalue weighted by Gasteiger charge is 2.32. The van der Waals surface area contributed by atoms with E-state index in [-0.39, 0.29) is 5.91 Å². The van der Waals surface area contributed by atoms with Gasteiger partial charge in [-0.05, 0) is 37.3 Å². The molecule has 1 saturated carbocycles. The first kappa shape index (κ1) is 15.9. The number of anilines is 1. The molecule has 20 heavy (non-hydrogen) atoms. The minimum absolute atomic E-state index is 0.0114. The number of nitrogens with one attached hydrogen (secondary N) is 2. The summed E-state index contributed by atoms with van der Waals surface area (Å²) in [6.45, 7) is 1.29. The molecule has 5 heteroatoms. The second kappa shape index (κ2) is 7.48. The van der Waals surface area contributed by atoms with Crippen molar-refractivity contribution in [3.8, 4) is 0 Å². The highest BCUT2D eigenvalue weighted by molar-refractivity contribution is 9.10. The third-order valence-electron chi connectivity index (χ3n) is 3.79. The third kappa shape index (κ3) is 4.50. The Hall–Kier alpha value is -0.520. The molecule has 110 valence electrons. The van der Waals surface area contributed by atoms with Gasteiger partial charge in [0.05, 0.1) is 6.54 Å². The van der Waals surface area contributed by atoms with Gasteiger partial charge in [0, 0.05) is 21.5 Å². The van der Waals surface area contributed by atoms with Crippen LogP contribution in [0.5, 0.6) is 0 Å². The molecule has 1 fully saturated rings. The first-order valence-electron chi connectivity index (χ1n) is 6.95. The van der Waals surface area contributed by atoms with E-state index in [9.17, 15) is 4.79 Å². The molecule has 0 atom stereocenters. The number of halogens is 1. The maximum atomic E-state index is 11.9. The van der Waals surface area contributed by atoms with E-state index in [0.29, 0.717) is 11.3 Å². The van der Waals surface area contributed by atoms with Gasteiger partial charge in [-0.2, -0.15) is 11.8 Å². The van der Waals surface area contributed by atoms with Gasteiger partial charge in [-0.3, -0.25) is 4.79 Å². The molecule has 1 amide bonds. The summed E-state index contributed by atoms with van der Waals surface area (Å²) in [5.74, 6) is 0.0114. The summed E-state index contributed by atoms with van der Waals surface area (Å²) in [6, 6.07) is 7.64. The summed E-state index contributed by atoms with van der Waals surface area (Å²) in [5.41, 5.74) is 0.826. The average molecular weight is 357 g/mol. The highest BCUT2D eigenvalue weighted by atomic mass is 79.9. The average Bonchev–Trinajstić information content (AvgIpc) is 2.88. The Bertz CT molecular complexity index is 461. The van der Waals surface area contributed by atoms with E-state index in [0.717, 1.165) is 16.7 Å². The number of carbonyl (C=O) groups is 1. The lowest BCUT2D eigenvalue weighted by molar-refractivity contribution is -0.115. The molecular weight excluding hydrogens is 336 g/mol. The van der Waals surface area contributed by atoms with Crippen molar-refractivity contribution in [2.45, 2.75) is 30.4 Å². The van der Waals surface area contributed by atoms with Crippen LogP contribution in [0, 0.1) is 0 Å². The Kier molecular flexibility index (Phi) is 5.93. The normalized spacial score (nSPS) is 17.1. The van der Waals surface area contributed by atoms with E-state index < -0.39 is 0 Å². The molecule has 1 aliphatic carbocycles. The van der Waals surface area contributed by atoms with Crippen LogP contribution in [0.25, 0.3) is 0 Å². The van der Waals surface area contributed by atoms with Gasteiger partial charge in [-0.25, -0.2) is 0 Å². The number of hydrogen-bond donors (Lipinski definition) is 2. The lowest BCUT2D eigenvalue weighted by Gasteiger charge is -2.26. The Morgan fingerprint density at radius 1 is 1.40 bits per heavy atom. The first-order chi connectivity index (χ1) is 9.63. The largest absolute Gasteiger partial charge is 0.325 e. The minimum Gasteiger partial charge on any atom is -0.325 e. The Balaban J connectivity index is 1.75. The van der Waals surface area contributed by atoms with Gasteiger partial charge in [0.1, 0.15) is 0 Å². The van der Waals surface area contributed by atoms with Crippen molar-refractivity contribution in [3.05, 3.63) is 28.7 Å². The van der Waals surface area contributed by atoms with Gasteiger partial charge in [0.2, 0.25) is 5.91 Å². The van der Waals surface area contributed by atoms with Crippen molar-refractivity contribution in [1.82, 2.24) is 5.32 Å². The summed E-state index contributed by atoms with van der Waals surface area (Å²) >= 11 is 5.33. The van der Waals surface area contributed by atoms with Gasteiger partial charge in [0.25, 0.3) is 0 Å². The smallest absolute Gasteiger partial charge is 0.238 e. The predicted molar refractivity (Wildman–Crippen MR) is 90.4 cm³/mol. The van der Waals surface area contributed by atoms with Crippen LogP contribution in [-0.4, -0.2) is 30.0 Å². The summed E-state index contributed by atoms with van der Waals surface area (Å²) in [4.78, 5) is 11.9. The molecule has 1 aliphatic rings. The van der Waals surface area contributed by atoms with Crippen LogP contribution >= 0.6 is 27.7 Å². The van der Waals surface area contributed by atoms with Gasteiger partial charge in [-0.1, -0.05) is 34.8 Å². The Morgan fingerprint density at radius 3 is 2.80 bits per heavy atom. The van der Waals surface area contributed by atoms with E-state index in [4.69, 9.17) is 0 Å². The lowest BCUT2D eigenvalue weighted by Crippen LogP contribution is -2.39. The molecule has 1 aromatic carbocycles. The van der Waals surface area contributed by atoms with Gasteiger partial charge in [0.15, 0.2) is 0 Å². The first-order valence-corrected chi connectivity index (χ1v) is 8.97. The van der Waals surface area contributed by atoms with E-state index >= 15 is 0 Å². The van der Waals surface area contributed by atoms with E-state index in [2.05, 4.69) is 32.8 Å². The molecular formula is C15H21BrN2OS. The molecule has 0 unspecified atom stereocenters. The zero-order chi connectivity index (χ0) is 14.4. The molecule has 0 aromatic heterocycles. The fourth-order valence-electron chi connectivity index (χ4n) is 2.65. The molecule has 0 aliphatic heterocycles. The molecule has 0 radical (unpaired) electrons. The molecule has 3 nitrogen and oxygen atoms in total. The van der Waals surface area contributed by atoms with Gasteiger partial charge >= 0.3 is 0 Å². The maximum absolute atomic E-state index is 11.9. The van der Waals surface area contributed by atoms with Crippen LogP contribution in [0.4, 0.5) is 5.69 Å².